The molecule has 0 spiro atoms. The number of ether oxygens (including phenoxy) is 1. The van der Waals surface area contributed by atoms with Crippen LogP contribution in [-0.2, 0) is 9.57 Å². The molecule has 0 bridgehead atoms. The van der Waals surface area contributed by atoms with Crippen LogP contribution in [0.1, 0.15) is 25.5 Å². The Hall–Kier alpha value is -2.15. The van der Waals surface area contributed by atoms with E-state index in [0.717, 1.165) is 24.2 Å². The fourth-order valence-electron chi connectivity index (χ4n) is 2.23. The molecule has 1 saturated heterocycles. The summed E-state index contributed by atoms with van der Waals surface area (Å²) in [6.45, 7) is 3.69. The Morgan fingerprint density at radius 2 is 2.18 bits per heavy atom. The highest BCUT2D eigenvalue weighted by Crippen LogP contribution is 2.13. The first-order chi connectivity index (χ1) is 10.7. The van der Waals surface area contributed by atoms with Gasteiger partial charge in [0.1, 0.15) is 12.3 Å². The van der Waals surface area contributed by atoms with Crippen molar-refractivity contribution in [3.8, 4) is 0 Å². The zero-order valence-electron chi connectivity index (χ0n) is 12.6. The van der Waals surface area contributed by atoms with Crippen molar-refractivity contribution in [3.05, 3.63) is 30.1 Å². The predicted octanol–water partition coefficient (Wildman–Crippen LogP) is 1.98. The van der Waals surface area contributed by atoms with Gasteiger partial charge in [0.05, 0.1) is 18.4 Å². The number of aromatic nitrogens is 1. The quantitative estimate of drug-likeness (QED) is 0.493. The van der Waals surface area contributed by atoms with Crippen LogP contribution in [0.3, 0.4) is 0 Å². The molecular weight excluding hydrogens is 286 g/mol. The SMILES string of the molecule is C/C(=N/OCCOC1CCN(C(=O)O)CC1)c1ccccn1. The molecule has 0 aromatic carbocycles. The summed E-state index contributed by atoms with van der Waals surface area (Å²) in [5.74, 6) is 0. The summed E-state index contributed by atoms with van der Waals surface area (Å²) in [6.07, 6.45) is 2.40. The van der Waals surface area contributed by atoms with Crippen LogP contribution in [0.5, 0.6) is 0 Å². The first kappa shape index (κ1) is 16.2. The maximum Gasteiger partial charge on any atom is 0.407 e. The Morgan fingerprint density at radius 3 is 2.82 bits per heavy atom. The van der Waals surface area contributed by atoms with Crippen LogP contribution in [-0.4, -0.2) is 59.2 Å². The average molecular weight is 307 g/mol. The summed E-state index contributed by atoms with van der Waals surface area (Å²) in [6, 6.07) is 5.62. The number of nitrogens with zero attached hydrogens (tertiary/aromatic N) is 3. The molecule has 1 aromatic rings. The highest BCUT2D eigenvalue weighted by Gasteiger charge is 2.22. The van der Waals surface area contributed by atoms with E-state index >= 15 is 0 Å². The van der Waals surface area contributed by atoms with Crippen molar-refractivity contribution in [2.24, 2.45) is 5.16 Å². The van der Waals surface area contributed by atoms with Crippen LogP contribution in [0.2, 0.25) is 0 Å². The number of amides is 1. The lowest BCUT2D eigenvalue weighted by atomic mass is 10.1. The van der Waals surface area contributed by atoms with Gasteiger partial charge in [-0.3, -0.25) is 4.98 Å². The van der Waals surface area contributed by atoms with Crippen molar-refractivity contribution in [1.82, 2.24) is 9.88 Å². The number of hydrogen-bond donors (Lipinski definition) is 1. The normalized spacial score (nSPS) is 16.6. The van der Waals surface area contributed by atoms with Crippen LogP contribution in [0.15, 0.2) is 29.6 Å². The third-order valence-corrected chi connectivity index (χ3v) is 3.48. The van der Waals surface area contributed by atoms with Gasteiger partial charge in [-0.25, -0.2) is 4.79 Å². The number of oxime groups is 1. The summed E-state index contributed by atoms with van der Waals surface area (Å²) >= 11 is 0. The molecule has 0 unspecified atom stereocenters. The highest BCUT2D eigenvalue weighted by molar-refractivity contribution is 5.96. The van der Waals surface area contributed by atoms with E-state index in [-0.39, 0.29) is 6.10 Å². The number of carboxylic acid groups (broad SMARTS) is 1. The van der Waals surface area contributed by atoms with E-state index < -0.39 is 6.09 Å². The molecule has 1 aromatic heterocycles. The van der Waals surface area contributed by atoms with Crippen LogP contribution in [0.25, 0.3) is 0 Å². The molecule has 0 saturated carbocycles. The molecule has 1 fully saturated rings. The minimum Gasteiger partial charge on any atom is -0.465 e. The Labute approximate surface area is 129 Å². The van der Waals surface area contributed by atoms with Gasteiger partial charge in [-0.2, -0.15) is 0 Å². The lowest BCUT2D eigenvalue weighted by Crippen LogP contribution is -2.40. The second-order valence-electron chi connectivity index (χ2n) is 5.06. The molecule has 1 N–H and O–H groups in total. The molecular formula is C15H21N3O4. The van der Waals surface area contributed by atoms with Crippen LogP contribution in [0, 0.1) is 0 Å². The smallest absolute Gasteiger partial charge is 0.407 e. The molecule has 7 nitrogen and oxygen atoms in total. The second kappa shape index (κ2) is 8.33. The molecule has 1 aliphatic heterocycles. The molecule has 1 amide bonds. The van der Waals surface area contributed by atoms with Gasteiger partial charge in [0.2, 0.25) is 0 Å². The van der Waals surface area contributed by atoms with Crippen LogP contribution < -0.4 is 0 Å². The molecule has 0 radical (unpaired) electrons. The number of likely N-dealkylation sites (tertiary alicyclic amines) is 1. The van der Waals surface area contributed by atoms with Crippen LogP contribution in [0.4, 0.5) is 4.79 Å². The summed E-state index contributed by atoms with van der Waals surface area (Å²) in [7, 11) is 0. The fourth-order valence-corrected chi connectivity index (χ4v) is 2.23. The Balaban J connectivity index is 1.61. The molecule has 2 rings (SSSR count). The third kappa shape index (κ3) is 5.00. The summed E-state index contributed by atoms with van der Waals surface area (Å²) in [5.41, 5.74) is 1.50. The molecule has 0 aliphatic carbocycles. The highest BCUT2D eigenvalue weighted by atomic mass is 16.6. The van der Waals surface area contributed by atoms with Gasteiger partial charge >= 0.3 is 6.09 Å². The number of piperidine rings is 1. The van der Waals surface area contributed by atoms with Gasteiger partial charge in [-0.05, 0) is 31.9 Å². The van der Waals surface area contributed by atoms with Gasteiger partial charge in [0.25, 0.3) is 0 Å². The van der Waals surface area contributed by atoms with E-state index in [2.05, 4.69) is 10.1 Å². The van der Waals surface area contributed by atoms with Crippen molar-refractivity contribution in [1.29, 1.82) is 0 Å². The number of rotatable bonds is 6. The summed E-state index contributed by atoms with van der Waals surface area (Å²) in [4.78, 5) is 21.6. The zero-order chi connectivity index (χ0) is 15.8. The molecule has 7 heteroatoms. The first-order valence-corrected chi connectivity index (χ1v) is 7.34. The van der Waals surface area contributed by atoms with E-state index in [0.29, 0.717) is 26.3 Å². The topological polar surface area (TPSA) is 84.2 Å². The predicted molar refractivity (Wildman–Crippen MR) is 81.0 cm³/mol. The van der Waals surface area contributed by atoms with E-state index in [1.807, 2.05) is 25.1 Å². The summed E-state index contributed by atoms with van der Waals surface area (Å²) in [5, 5.41) is 12.9. The molecule has 22 heavy (non-hydrogen) atoms. The first-order valence-electron chi connectivity index (χ1n) is 7.34. The monoisotopic (exact) mass is 307 g/mol. The summed E-state index contributed by atoms with van der Waals surface area (Å²) < 4.78 is 5.67. The minimum atomic E-state index is -0.860. The maximum absolute atomic E-state index is 10.8. The largest absolute Gasteiger partial charge is 0.465 e. The van der Waals surface area contributed by atoms with Crippen molar-refractivity contribution < 1.29 is 19.5 Å². The Bertz CT molecular complexity index is 499. The Kier molecular flexibility index (Phi) is 6.14. The fraction of sp³-hybridized carbons (Fsp3) is 0.533. The van der Waals surface area contributed by atoms with Crippen molar-refractivity contribution in [2.45, 2.75) is 25.9 Å². The van der Waals surface area contributed by atoms with Crippen molar-refractivity contribution in [3.63, 3.8) is 0 Å². The van der Waals surface area contributed by atoms with Gasteiger partial charge in [-0.1, -0.05) is 11.2 Å². The maximum atomic E-state index is 10.8. The standard InChI is InChI=1S/C15H21N3O4/c1-12(14-4-2-3-7-16-14)17-22-11-10-21-13-5-8-18(9-6-13)15(19)20/h2-4,7,13H,5-6,8-11H2,1H3,(H,19,20)/b17-12-. The van der Waals surface area contributed by atoms with Gasteiger partial charge < -0.3 is 19.6 Å². The van der Waals surface area contributed by atoms with Gasteiger partial charge in [0, 0.05) is 19.3 Å². The van der Waals surface area contributed by atoms with Gasteiger partial charge in [-0.15, -0.1) is 0 Å². The zero-order valence-corrected chi connectivity index (χ0v) is 12.6. The average Bonchev–Trinajstić information content (AvgIpc) is 2.55. The van der Waals surface area contributed by atoms with Gasteiger partial charge in [0.15, 0.2) is 0 Å². The second-order valence-corrected chi connectivity index (χ2v) is 5.06. The number of pyridine rings is 1. The Morgan fingerprint density at radius 1 is 1.41 bits per heavy atom. The molecule has 0 atom stereocenters. The van der Waals surface area contributed by atoms with Crippen molar-refractivity contribution in [2.75, 3.05) is 26.3 Å². The molecule has 1 aliphatic rings. The number of carbonyl (C=O) groups is 1. The van der Waals surface area contributed by atoms with E-state index in [1.54, 1.807) is 6.20 Å². The van der Waals surface area contributed by atoms with Crippen molar-refractivity contribution >= 4 is 11.8 Å². The lowest BCUT2D eigenvalue weighted by Gasteiger charge is -2.29. The van der Waals surface area contributed by atoms with E-state index in [4.69, 9.17) is 14.7 Å². The van der Waals surface area contributed by atoms with Crippen LogP contribution >= 0.6 is 0 Å². The third-order valence-electron chi connectivity index (χ3n) is 3.48. The minimum absolute atomic E-state index is 0.0973. The van der Waals surface area contributed by atoms with E-state index in [9.17, 15) is 4.79 Å². The lowest BCUT2D eigenvalue weighted by molar-refractivity contribution is -0.0192. The molecule has 2 heterocycles. The molecule has 120 valence electrons. The van der Waals surface area contributed by atoms with E-state index in [1.165, 1.54) is 4.90 Å². The number of hydrogen-bond acceptors (Lipinski definition) is 5.